The highest BCUT2D eigenvalue weighted by Gasteiger charge is 2.60. The summed E-state index contributed by atoms with van der Waals surface area (Å²) in [6, 6.07) is -0.365. The van der Waals surface area contributed by atoms with Crippen molar-refractivity contribution in [2.45, 2.75) is 75.8 Å². The van der Waals surface area contributed by atoms with E-state index >= 15 is 0 Å². The van der Waals surface area contributed by atoms with Gasteiger partial charge in [0, 0.05) is 11.6 Å². The van der Waals surface area contributed by atoms with Crippen LogP contribution >= 0.6 is 11.3 Å². The Morgan fingerprint density at radius 2 is 1.88 bits per heavy atom. The summed E-state index contributed by atoms with van der Waals surface area (Å²) in [6.07, 6.45) is 0.430. The van der Waals surface area contributed by atoms with Crippen LogP contribution < -0.4 is 5.73 Å². The van der Waals surface area contributed by atoms with Crippen LogP contribution in [0.25, 0.3) is 0 Å². The molecule has 0 amide bonds. The molecule has 24 heavy (non-hydrogen) atoms. The number of hydrogen-bond acceptors (Lipinski definition) is 8. The second-order valence-corrected chi connectivity index (χ2v) is 8.32. The molecule has 3 fully saturated rings. The smallest absolute Gasteiger partial charge is 0.164 e. The van der Waals surface area contributed by atoms with E-state index in [0.29, 0.717) is 6.61 Å². The Kier molecular flexibility index (Phi) is 4.00. The highest BCUT2D eigenvalue weighted by atomic mass is 32.1. The topological polar surface area (TPSA) is 85.1 Å². The maximum atomic E-state index is 6.42. The maximum Gasteiger partial charge on any atom is 0.164 e. The highest BCUT2D eigenvalue weighted by Crippen LogP contribution is 2.44. The summed E-state index contributed by atoms with van der Waals surface area (Å²) in [5, 5.41) is 2.74. The minimum atomic E-state index is -0.673. The van der Waals surface area contributed by atoms with Gasteiger partial charge in [0.25, 0.3) is 0 Å². The second-order valence-electron chi connectivity index (χ2n) is 7.39. The lowest BCUT2D eigenvalue weighted by Crippen LogP contribution is -2.40. The zero-order chi connectivity index (χ0) is 17.1. The van der Waals surface area contributed by atoms with E-state index in [4.69, 9.17) is 29.4 Å². The Bertz CT molecular complexity index is 593. The molecule has 0 aliphatic carbocycles. The normalized spacial score (nSPS) is 41.5. The van der Waals surface area contributed by atoms with Gasteiger partial charge in [0.1, 0.15) is 35.5 Å². The second kappa shape index (κ2) is 5.70. The van der Waals surface area contributed by atoms with Crippen molar-refractivity contribution in [1.82, 2.24) is 4.98 Å². The molecule has 6 atom stereocenters. The van der Waals surface area contributed by atoms with Gasteiger partial charge in [-0.1, -0.05) is 0 Å². The van der Waals surface area contributed by atoms with E-state index in [0.717, 1.165) is 5.01 Å². The fourth-order valence-corrected chi connectivity index (χ4v) is 4.34. The molecular formula is C16H24N2O5S. The summed E-state index contributed by atoms with van der Waals surface area (Å²) in [6.45, 7) is 8.07. The summed E-state index contributed by atoms with van der Waals surface area (Å²) >= 11 is 1.52. The number of rotatable bonds is 3. The first kappa shape index (κ1) is 16.8. The van der Waals surface area contributed by atoms with E-state index in [1.165, 1.54) is 11.3 Å². The van der Waals surface area contributed by atoms with E-state index in [9.17, 15) is 0 Å². The lowest BCUT2D eigenvalue weighted by molar-refractivity contribution is -0.208. The van der Waals surface area contributed by atoms with Gasteiger partial charge in [0.15, 0.2) is 11.6 Å². The third-order valence-electron chi connectivity index (χ3n) is 4.61. The van der Waals surface area contributed by atoms with Gasteiger partial charge in [-0.15, -0.1) is 11.3 Å². The van der Waals surface area contributed by atoms with Crippen LogP contribution in [-0.4, -0.2) is 53.7 Å². The van der Waals surface area contributed by atoms with Gasteiger partial charge in [-0.2, -0.15) is 0 Å². The summed E-state index contributed by atoms with van der Waals surface area (Å²) in [7, 11) is 0. The molecule has 3 aliphatic rings. The van der Waals surface area contributed by atoms with Gasteiger partial charge < -0.3 is 29.4 Å². The molecular weight excluding hydrogens is 332 g/mol. The molecule has 4 heterocycles. The Morgan fingerprint density at radius 1 is 1.12 bits per heavy atom. The number of hydrogen-bond donors (Lipinski definition) is 1. The number of aromatic nitrogens is 1. The van der Waals surface area contributed by atoms with Crippen LogP contribution in [0.2, 0.25) is 0 Å². The third-order valence-corrected chi connectivity index (χ3v) is 5.49. The molecule has 8 heteroatoms. The molecule has 3 saturated heterocycles. The van der Waals surface area contributed by atoms with Crippen molar-refractivity contribution in [2.75, 3.05) is 6.61 Å². The predicted molar refractivity (Wildman–Crippen MR) is 86.4 cm³/mol. The number of nitrogens with two attached hydrogens (primary N) is 1. The van der Waals surface area contributed by atoms with E-state index < -0.39 is 11.6 Å². The molecule has 134 valence electrons. The molecule has 3 aliphatic heterocycles. The minimum Gasteiger partial charge on any atom is -0.364 e. The van der Waals surface area contributed by atoms with E-state index in [1.807, 2.05) is 33.1 Å². The fourth-order valence-electron chi connectivity index (χ4n) is 3.67. The van der Waals surface area contributed by atoms with Crippen LogP contribution in [0.15, 0.2) is 11.6 Å². The first-order valence-electron chi connectivity index (χ1n) is 8.24. The van der Waals surface area contributed by atoms with E-state index in [2.05, 4.69) is 4.98 Å². The van der Waals surface area contributed by atoms with Crippen molar-refractivity contribution in [3.8, 4) is 0 Å². The molecule has 1 aromatic rings. The molecule has 2 N–H and O–H groups in total. The first-order valence-corrected chi connectivity index (χ1v) is 9.12. The van der Waals surface area contributed by atoms with Gasteiger partial charge in [-0.05, 0) is 27.7 Å². The number of ether oxygens (including phenoxy) is 5. The Labute approximate surface area is 145 Å². The number of fused-ring (bicyclic) bond motifs is 1. The molecule has 0 unspecified atom stereocenters. The average Bonchev–Trinajstić information content (AvgIpc) is 3.21. The van der Waals surface area contributed by atoms with Crippen LogP contribution in [0.1, 0.15) is 38.7 Å². The summed E-state index contributed by atoms with van der Waals surface area (Å²) in [5.41, 5.74) is 6.42. The summed E-state index contributed by atoms with van der Waals surface area (Å²) < 4.78 is 30.2. The van der Waals surface area contributed by atoms with Crippen molar-refractivity contribution in [1.29, 1.82) is 0 Å². The quantitative estimate of drug-likeness (QED) is 0.880. The molecule has 0 spiro atoms. The van der Waals surface area contributed by atoms with E-state index in [1.54, 1.807) is 6.20 Å². The van der Waals surface area contributed by atoms with Crippen LogP contribution in [-0.2, 0) is 23.7 Å². The number of thiazole rings is 1. The van der Waals surface area contributed by atoms with Gasteiger partial charge >= 0.3 is 0 Å². The first-order chi connectivity index (χ1) is 11.3. The lowest BCUT2D eigenvalue weighted by Gasteiger charge is -2.28. The van der Waals surface area contributed by atoms with Crippen LogP contribution in [0, 0.1) is 0 Å². The number of nitrogens with zero attached hydrogens (tertiary/aromatic N) is 1. The van der Waals surface area contributed by atoms with Crippen molar-refractivity contribution >= 4 is 11.3 Å². The average molecular weight is 356 g/mol. The van der Waals surface area contributed by atoms with Crippen molar-refractivity contribution in [3.05, 3.63) is 16.6 Å². The van der Waals surface area contributed by atoms with Crippen LogP contribution in [0.3, 0.4) is 0 Å². The van der Waals surface area contributed by atoms with Gasteiger partial charge in [0.05, 0.1) is 12.6 Å². The standard InChI is InChI=1S/C16H24N2O5S/c1-15(2)19-7-8(21-15)10-12-13(23-16(3,4)22-12)11(20-10)9(17)14-18-5-6-24-14/h5-6,8-13H,7,17H2,1-4H3/t8-,9+,10-,11+,12+,13-/m1/s1. The highest BCUT2D eigenvalue weighted by molar-refractivity contribution is 7.09. The molecule has 0 bridgehead atoms. The van der Waals surface area contributed by atoms with Crippen molar-refractivity contribution in [2.24, 2.45) is 5.73 Å². The van der Waals surface area contributed by atoms with Crippen molar-refractivity contribution < 1.29 is 23.7 Å². The molecule has 0 aromatic carbocycles. The summed E-state index contributed by atoms with van der Waals surface area (Å²) in [5.74, 6) is -1.29. The van der Waals surface area contributed by atoms with Crippen LogP contribution in [0.5, 0.6) is 0 Å². The maximum absolute atomic E-state index is 6.42. The summed E-state index contributed by atoms with van der Waals surface area (Å²) in [4.78, 5) is 4.32. The monoisotopic (exact) mass is 356 g/mol. The zero-order valence-electron chi connectivity index (χ0n) is 14.3. The molecule has 7 nitrogen and oxygen atoms in total. The third kappa shape index (κ3) is 2.90. The molecule has 1 aromatic heterocycles. The largest absolute Gasteiger partial charge is 0.364 e. The predicted octanol–water partition coefficient (Wildman–Crippen LogP) is 1.58. The lowest BCUT2D eigenvalue weighted by atomic mass is 10.0. The van der Waals surface area contributed by atoms with Crippen LogP contribution in [0.4, 0.5) is 0 Å². The molecule has 0 radical (unpaired) electrons. The minimum absolute atomic E-state index is 0.210. The van der Waals surface area contributed by atoms with Gasteiger partial charge in [-0.25, -0.2) is 4.98 Å². The Morgan fingerprint density at radius 3 is 2.50 bits per heavy atom. The Hall–Kier alpha value is -0.610. The van der Waals surface area contributed by atoms with E-state index in [-0.39, 0.29) is 36.6 Å². The Balaban J connectivity index is 1.58. The SMILES string of the molecule is CC1(C)O[C@@H]2[C@H](O1)[C@H]([C@H](N)c1nccs1)O[C@@H]2[C@H]1COC(C)(C)O1. The van der Waals surface area contributed by atoms with Crippen molar-refractivity contribution in [3.63, 3.8) is 0 Å². The van der Waals surface area contributed by atoms with Gasteiger partial charge in [-0.3, -0.25) is 0 Å². The van der Waals surface area contributed by atoms with Gasteiger partial charge in [0.2, 0.25) is 0 Å². The molecule has 4 rings (SSSR count). The zero-order valence-corrected chi connectivity index (χ0v) is 15.1. The fraction of sp³-hybridized carbons (Fsp3) is 0.812. The molecule has 0 saturated carbocycles.